The Kier molecular flexibility index (Phi) is 6.49. The fourth-order valence-electron chi connectivity index (χ4n) is 4.20. The average Bonchev–Trinajstić information content (AvgIpc) is 2.77. The van der Waals surface area contributed by atoms with Crippen molar-refractivity contribution in [2.45, 2.75) is 39.5 Å². The lowest BCUT2D eigenvalue weighted by molar-refractivity contribution is -0.152. The van der Waals surface area contributed by atoms with Crippen LogP contribution < -0.4 is 4.90 Å². The van der Waals surface area contributed by atoms with Crippen LogP contribution in [0.4, 0.5) is 5.82 Å². The van der Waals surface area contributed by atoms with E-state index in [1.165, 1.54) is 4.90 Å². The smallest absolute Gasteiger partial charge is 0.253 e. The standard InChI is InChI=1S/C25H30N4O4/c1-15(2)12-21(31)25(33)29-11-10-28(14-22(29)32)24-17-9-8-16(3)13-19(17)26-23(27-24)18-6-4-5-7-20(18)30/h4-9,13,15,21-22,30-32H,10-12,14H2,1-3H3/t21?,22-/m1/s1. The van der Waals surface area contributed by atoms with E-state index >= 15 is 0 Å². The number of piperazine rings is 1. The molecule has 0 aliphatic carbocycles. The third kappa shape index (κ3) is 4.77. The number of carbonyl (C=O) groups excluding carboxylic acids is 1. The predicted octanol–water partition coefficient (Wildman–Crippen LogP) is 2.68. The summed E-state index contributed by atoms with van der Waals surface area (Å²) in [7, 11) is 0. The van der Waals surface area contributed by atoms with Gasteiger partial charge in [0.15, 0.2) is 5.82 Å². The molecule has 8 nitrogen and oxygen atoms in total. The largest absolute Gasteiger partial charge is 0.507 e. The van der Waals surface area contributed by atoms with Gasteiger partial charge in [-0.25, -0.2) is 9.97 Å². The Balaban J connectivity index is 1.67. The number of fused-ring (bicyclic) bond motifs is 1. The zero-order valence-corrected chi connectivity index (χ0v) is 19.1. The second-order valence-corrected chi connectivity index (χ2v) is 9.01. The molecular weight excluding hydrogens is 420 g/mol. The van der Waals surface area contributed by atoms with Crippen molar-refractivity contribution in [3.63, 3.8) is 0 Å². The molecule has 1 saturated heterocycles. The Bertz CT molecular complexity index is 1170. The monoisotopic (exact) mass is 450 g/mol. The number of β-amino-alcohol motifs (C(OH)–C–C–N with tert-alkyl or cyclic N) is 1. The number of aliphatic hydroxyl groups is 2. The van der Waals surface area contributed by atoms with E-state index in [1.807, 2.05) is 49.9 Å². The quantitative estimate of drug-likeness (QED) is 0.548. The summed E-state index contributed by atoms with van der Waals surface area (Å²) < 4.78 is 0. The van der Waals surface area contributed by atoms with Crippen LogP contribution in [0.15, 0.2) is 42.5 Å². The van der Waals surface area contributed by atoms with Crippen LogP contribution in [-0.2, 0) is 4.79 Å². The Morgan fingerprint density at radius 1 is 1.15 bits per heavy atom. The van der Waals surface area contributed by atoms with Gasteiger partial charge in [-0.1, -0.05) is 32.0 Å². The van der Waals surface area contributed by atoms with Crippen molar-refractivity contribution in [2.75, 3.05) is 24.5 Å². The van der Waals surface area contributed by atoms with Crippen LogP contribution in [0.3, 0.4) is 0 Å². The Labute approximate surface area is 193 Å². The number of phenols is 1. The fraction of sp³-hybridized carbons (Fsp3) is 0.400. The number of hydrogen-bond donors (Lipinski definition) is 3. The van der Waals surface area contributed by atoms with Gasteiger partial charge in [0.05, 0.1) is 17.6 Å². The van der Waals surface area contributed by atoms with Gasteiger partial charge in [-0.05, 0) is 49.1 Å². The number of phenolic OH excluding ortho intramolecular Hbond substituents is 1. The lowest BCUT2D eigenvalue weighted by Crippen LogP contribution is -2.57. The zero-order chi connectivity index (χ0) is 23.7. The maximum atomic E-state index is 12.7. The summed E-state index contributed by atoms with van der Waals surface area (Å²) in [5, 5.41) is 32.2. The van der Waals surface area contributed by atoms with Crippen LogP contribution in [0, 0.1) is 12.8 Å². The van der Waals surface area contributed by atoms with Gasteiger partial charge in [0.2, 0.25) is 0 Å². The molecule has 4 rings (SSSR count). The summed E-state index contributed by atoms with van der Waals surface area (Å²) in [6.07, 6.45) is -1.84. The van der Waals surface area contributed by atoms with E-state index in [-0.39, 0.29) is 24.8 Å². The van der Waals surface area contributed by atoms with Crippen LogP contribution in [0.1, 0.15) is 25.8 Å². The lowest BCUT2D eigenvalue weighted by atomic mass is 10.0. The van der Waals surface area contributed by atoms with Crippen LogP contribution >= 0.6 is 0 Å². The zero-order valence-electron chi connectivity index (χ0n) is 19.1. The predicted molar refractivity (Wildman–Crippen MR) is 127 cm³/mol. The summed E-state index contributed by atoms with van der Waals surface area (Å²) in [5.74, 6) is 0.832. The minimum atomic E-state index is -1.12. The van der Waals surface area contributed by atoms with Crippen molar-refractivity contribution in [2.24, 2.45) is 5.92 Å². The molecule has 0 saturated carbocycles. The summed E-state index contributed by atoms with van der Waals surface area (Å²) in [6, 6.07) is 12.8. The highest BCUT2D eigenvalue weighted by atomic mass is 16.3. The molecule has 2 aromatic carbocycles. The van der Waals surface area contributed by atoms with Gasteiger partial charge < -0.3 is 25.1 Å². The number of hydrogen-bond acceptors (Lipinski definition) is 7. The van der Waals surface area contributed by atoms with Crippen molar-refractivity contribution in [1.29, 1.82) is 0 Å². The van der Waals surface area contributed by atoms with Crippen LogP contribution in [0.5, 0.6) is 5.75 Å². The maximum absolute atomic E-state index is 12.7. The van der Waals surface area contributed by atoms with Crippen molar-refractivity contribution in [1.82, 2.24) is 14.9 Å². The van der Waals surface area contributed by atoms with Gasteiger partial charge in [-0.3, -0.25) is 4.79 Å². The number of rotatable bonds is 5. The number of para-hydroxylation sites is 1. The van der Waals surface area contributed by atoms with E-state index in [0.717, 1.165) is 16.5 Å². The average molecular weight is 451 g/mol. The second-order valence-electron chi connectivity index (χ2n) is 9.01. The first kappa shape index (κ1) is 22.9. The normalized spacial score (nSPS) is 17.6. The summed E-state index contributed by atoms with van der Waals surface area (Å²) in [4.78, 5) is 25.3. The summed E-state index contributed by atoms with van der Waals surface area (Å²) in [6.45, 7) is 6.72. The maximum Gasteiger partial charge on any atom is 0.253 e. The summed E-state index contributed by atoms with van der Waals surface area (Å²) >= 11 is 0. The van der Waals surface area contributed by atoms with Crippen LogP contribution in [0.25, 0.3) is 22.3 Å². The topological polar surface area (TPSA) is 110 Å². The van der Waals surface area contributed by atoms with Gasteiger partial charge in [-0.15, -0.1) is 0 Å². The first-order valence-corrected chi connectivity index (χ1v) is 11.2. The Morgan fingerprint density at radius 2 is 1.91 bits per heavy atom. The number of aryl methyl sites for hydroxylation is 1. The van der Waals surface area contributed by atoms with E-state index in [0.29, 0.717) is 30.2 Å². The molecule has 1 aliphatic rings. The van der Waals surface area contributed by atoms with Crippen LogP contribution in [0.2, 0.25) is 0 Å². The third-order valence-corrected chi connectivity index (χ3v) is 5.89. The Hall–Kier alpha value is -3.23. The van der Waals surface area contributed by atoms with Gasteiger partial charge in [-0.2, -0.15) is 0 Å². The molecule has 8 heteroatoms. The number of benzene rings is 2. The van der Waals surface area contributed by atoms with Crippen molar-refractivity contribution in [3.8, 4) is 17.1 Å². The molecular formula is C25H30N4O4. The molecule has 1 unspecified atom stereocenters. The molecule has 1 fully saturated rings. The molecule has 2 heterocycles. The van der Waals surface area contributed by atoms with E-state index in [2.05, 4.69) is 4.98 Å². The van der Waals surface area contributed by atoms with Crippen molar-refractivity contribution >= 4 is 22.6 Å². The van der Waals surface area contributed by atoms with Gasteiger partial charge in [0, 0.05) is 18.5 Å². The number of nitrogens with zero attached hydrogens (tertiary/aromatic N) is 4. The highest BCUT2D eigenvalue weighted by molar-refractivity contribution is 5.92. The van der Waals surface area contributed by atoms with Crippen LogP contribution in [-0.4, -0.2) is 68.1 Å². The summed E-state index contributed by atoms with van der Waals surface area (Å²) in [5.41, 5.74) is 2.30. The number of anilines is 1. The molecule has 2 atom stereocenters. The van der Waals surface area contributed by atoms with Gasteiger partial charge in [0.1, 0.15) is 23.9 Å². The molecule has 1 aliphatic heterocycles. The molecule has 0 radical (unpaired) electrons. The van der Waals surface area contributed by atoms with E-state index in [4.69, 9.17) is 4.98 Å². The SMILES string of the molecule is Cc1ccc2c(N3CCN(C(=O)C(O)CC(C)C)[C@H](O)C3)nc(-c3ccccc3O)nc2c1. The first-order valence-electron chi connectivity index (χ1n) is 11.2. The Morgan fingerprint density at radius 3 is 2.61 bits per heavy atom. The third-order valence-electron chi connectivity index (χ3n) is 5.89. The lowest BCUT2D eigenvalue weighted by Gasteiger charge is -2.40. The molecule has 174 valence electrons. The minimum Gasteiger partial charge on any atom is -0.507 e. The number of amides is 1. The molecule has 1 amide bonds. The van der Waals surface area contributed by atoms with E-state index < -0.39 is 18.2 Å². The molecule has 3 aromatic rings. The molecule has 1 aromatic heterocycles. The highest BCUT2D eigenvalue weighted by Gasteiger charge is 2.33. The van der Waals surface area contributed by atoms with Crippen molar-refractivity contribution in [3.05, 3.63) is 48.0 Å². The molecule has 0 spiro atoms. The fourth-order valence-corrected chi connectivity index (χ4v) is 4.20. The minimum absolute atomic E-state index is 0.0880. The second kappa shape index (κ2) is 9.33. The number of aromatic nitrogens is 2. The molecule has 0 bridgehead atoms. The van der Waals surface area contributed by atoms with Gasteiger partial charge >= 0.3 is 0 Å². The van der Waals surface area contributed by atoms with E-state index in [1.54, 1.807) is 18.2 Å². The molecule has 33 heavy (non-hydrogen) atoms. The number of aromatic hydroxyl groups is 1. The number of aliphatic hydroxyl groups excluding tert-OH is 2. The first-order chi connectivity index (χ1) is 15.7. The van der Waals surface area contributed by atoms with Crippen molar-refractivity contribution < 1.29 is 20.1 Å². The number of carbonyl (C=O) groups is 1. The molecule has 3 N–H and O–H groups in total. The highest BCUT2D eigenvalue weighted by Crippen LogP contribution is 2.32. The van der Waals surface area contributed by atoms with E-state index in [9.17, 15) is 20.1 Å². The van der Waals surface area contributed by atoms with Gasteiger partial charge in [0.25, 0.3) is 5.91 Å².